The van der Waals surface area contributed by atoms with E-state index in [1.807, 2.05) is 20.8 Å². The first-order valence-corrected chi connectivity index (χ1v) is 6.03. The Morgan fingerprint density at radius 1 is 1.33 bits per heavy atom. The molecular formula is C13H18ClNO3. The van der Waals surface area contributed by atoms with Crippen molar-refractivity contribution >= 4 is 23.3 Å². The van der Waals surface area contributed by atoms with Gasteiger partial charge < -0.3 is 15.2 Å². The average Bonchev–Trinajstić information content (AvgIpc) is 2.22. The number of carbonyl (C=O) groups excluding carboxylic acids is 1. The summed E-state index contributed by atoms with van der Waals surface area (Å²) in [5.74, 6) is -0.475. The fraction of sp³-hybridized carbons (Fsp3) is 0.462. The molecule has 100 valence electrons. The minimum absolute atomic E-state index is 0.191. The number of halogens is 1. The smallest absolute Gasteiger partial charge is 0.339 e. The highest BCUT2D eigenvalue weighted by molar-refractivity contribution is 6.33. The molecule has 4 nitrogen and oxygen atoms in total. The van der Waals surface area contributed by atoms with Crippen molar-refractivity contribution in [3.8, 4) is 0 Å². The summed E-state index contributed by atoms with van der Waals surface area (Å²) in [7, 11) is 0. The topological polar surface area (TPSA) is 61.5 Å². The molecule has 0 heterocycles. The number of benzene rings is 1. The van der Waals surface area contributed by atoms with E-state index in [1.165, 1.54) is 6.07 Å². The van der Waals surface area contributed by atoms with Gasteiger partial charge in [0.05, 0.1) is 22.8 Å². The van der Waals surface area contributed by atoms with Crippen molar-refractivity contribution in [3.63, 3.8) is 0 Å². The second kappa shape index (κ2) is 6.07. The lowest BCUT2D eigenvalue weighted by molar-refractivity contribution is -0.0281. The molecule has 0 radical (unpaired) electrons. The Labute approximate surface area is 112 Å². The van der Waals surface area contributed by atoms with E-state index < -0.39 is 5.97 Å². The second-order valence-electron chi connectivity index (χ2n) is 4.84. The third-order valence-electron chi connectivity index (χ3n) is 2.06. The molecule has 5 heteroatoms. The molecule has 0 saturated heterocycles. The number of rotatable bonds is 4. The number of esters is 1. The van der Waals surface area contributed by atoms with Crippen molar-refractivity contribution in [2.24, 2.45) is 0 Å². The minimum Gasteiger partial charge on any atom is -0.460 e. The summed E-state index contributed by atoms with van der Waals surface area (Å²) < 4.78 is 10.5. The molecule has 2 N–H and O–H groups in total. The quantitative estimate of drug-likeness (QED) is 0.520. The highest BCUT2D eigenvalue weighted by Crippen LogP contribution is 2.19. The first kappa shape index (κ1) is 14.8. The Balaban J connectivity index is 2.46. The van der Waals surface area contributed by atoms with Crippen LogP contribution < -0.4 is 5.73 Å². The van der Waals surface area contributed by atoms with Crippen LogP contribution in [0.2, 0.25) is 5.02 Å². The number of nitrogens with two attached hydrogens (primary N) is 1. The third-order valence-corrected chi connectivity index (χ3v) is 2.38. The number of anilines is 1. The summed E-state index contributed by atoms with van der Waals surface area (Å²) in [6.07, 6.45) is 0. The van der Waals surface area contributed by atoms with Gasteiger partial charge in [-0.15, -0.1) is 0 Å². The number of ether oxygens (including phenoxy) is 2. The average molecular weight is 272 g/mol. The molecule has 0 aliphatic heterocycles. The van der Waals surface area contributed by atoms with Crippen LogP contribution in [-0.2, 0) is 9.47 Å². The van der Waals surface area contributed by atoms with E-state index in [0.29, 0.717) is 17.9 Å². The van der Waals surface area contributed by atoms with Crippen LogP contribution in [0.3, 0.4) is 0 Å². The summed E-state index contributed by atoms with van der Waals surface area (Å²) in [5, 5.41) is 0.289. The largest absolute Gasteiger partial charge is 0.460 e. The Morgan fingerprint density at radius 3 is 2.56 bits per heavy atom. The van der Waals surface area contributed by atoms with Crippen molar-refractivity contribution < 1.29 is 14.3 Å². The Morgan fingerprint density at radius 2 is 2.00 bits per heavy atom. The van der Waals surface area contributed by atoms with Crippen molar-refractivity contribution in [1.29, 1.82) is 0 Å². The molecule has 0 saturated carbocycles. The summed E-state index contributed by atoms with van der Waals surface area (Å²) in [5.41, 5.74) is 6.11. The zero-order valence-corrected chi connectivity index (χ0v) is 11.6. The van der Waals surface area contributed by atoms with Crippen LogP contribution in [0, 0.1) is 0 Å². The summed E-state index contributed by atoms with van der Waals surface area (Å²) in [6, 6.07) is 4.67. The molecule has 0 unspecified atom stereocenters. The van der Waals surface area contributed by atoms with E-state index in [-0.39, 0.29) is 17.2 Å². The molecule has 1 aromatic carbocycles. The molecule has 0 fully saturated rings. The van der Waals surface area contributed by atoms with Gasteiger partial charge >= 0.3 is 5.97 Å². The fourth-order valence-corrected chi connectivity index (χ4v) is 1.52. The van der Waals surface area contributed by atoms with Gasteiger partial charge in [0.25, 0.3) is 0 Å². The minimum atomic E-state index is -0.475. The first-order valence-electron chi connectivity index (χ1n) is 5.66. The fourth-order valence-electron chi connectivity index (χ4n) is 1.26. The number of nitrogen functional groups attached to an aromatic ring is 1. The van der Waals surface area contributed by atoms with Gasteiger partial charge in [0.2, 0.25) is 0 Å². The van der Waals surface area contributed by atoms with Gasteiger partial charge in [-0.05, 0) is 39.0 Å². The zero-order chi connectivity index (χ0) is 13.8. The van der Waals surface area contributed by atoms with E-state index in [4.69, 9.17) is 26.8 Å². The molecule has 0 spiro atoms. The van der Waals surface area contributed by atoms with E-state index in [9.17, 15) is 4.79 Å². The van der Waals surface area contributed by atoms with Crippen LogP contribution in [0.25, 0.3) is 0 Å². The summed E-state index contributed by atoms with van der Waals surface area (Å²) in [6.45, 7) is 6.35. The summed E-state index contributed by atoms with van der Waals surface area (Å²) >= 11 is 5.90. The zero-order valence-electron chi connectivity index (χ0n) is 10.8. The van der Waals surface area contributed by atoms with Crippen LogP contribution >= 0.6 is 11.6 Å². The van der Waals surface area contributed by atoms with Crippen LogP contribution in [0.1, 0.15) is 31.1 Å². The molecule has 0 aliphatic rings. The second-order valence-corrected chi connectivity index (χ2v) is 5.24. The van der Waals surface area contributed by atoms with Crippen molar-refractivity contribution in [2.75, 3.05) is 18.9 Å². The van der Waals surface area contributed by atoms with Crippen LogP contribution in [0.4, 0.5) is 5.69 Å². The van der Waals surface area contributed by atoms with Crippen LogP contribution in [0.15, 0.2) is 18.2 Å². The predicted octanol–water partition coefficient (Wildman–Crippen LogP) is 2.89. The van der Waals surface area contributed by atoms with Gasteiger partial charge in [0.15, 0.2) is 0 Å². The molecule has 0 atom stereocenters. The lowest BCUT2D eigenvalue weighted by Crippen LogP contribution is -2.22. The van der Waals surface area contributed by atoms with Crippen molar-refractivity contribution in [1.82, 2.24) is 0 Å². The van der Waals surface area contributed by atoms with E-state index in [1.54, 1.807) is 12.1 Å². The van der Waals surface area contributed by atoms with Gasteiger partial charge in [0.1, 0.15) is 6.61 Å². The molecule has 1 aromatic rings. The Kier molecular flexibility index (Phi) is 4.99. The van der Waals surface area contributed by atoms with Gasteiger partial charge in [-0.3, -0.25) is 0 Å². The maximum atomic E-state index is 11.7. The van der Waals surface area contributed by atoms with E-state index >= 15 is 0 Å². The summed E-state index contributed by atoms with van der Waals surface area (Å²) in [4.78, 5) is 11.7. The van der Waals surface area contributed by atoms with Gasteiger partial charge in [-0.25, -0.2) is 4.79 Å². The van der Waals surface area contributed by atoms with Crippen LogP contribution in [-0.4, -0.2) is 24.8 Å². The lowest BCUT2D eigenvalue weighted by Gasteiger charge is -2.19. The standard InChI is InChI=1S/C13H18ClNO3/c1-13(2,3)18-7-6-17-12(16)10-5-4-9(15)8-11(10)14/h4-5,8H,6-7,15H2,1-3H3. The molecule has 0 aliphatic carbocycles. The van der Waals surface area contributed by atoms with Gasteiger partial charge in [0, 0.05) is 5.69 Å². The first-order chi connectivity index (χ1) is 8.29. The molecule has 1 rings (SSSR count). The number of hydrogen-bond acceptors (Lipinski definition) is 4. The number of carbonyl (C=O) groups is 1. The molecule has 0 amide bonds. The highest BCUT2D eigenvalue weighted by atomic mass is 35.5. The van der Waals surface area contributed by atoms with Crippen molar-refractivity contribution in [3.05, 3.63) is 28.8 Å². The van der Waals surface area contributed by atoms with E-state index in [2.05, 4.69) is 0 Å². The molecule has 0 aromatic heterocycles. The Bertz CT molecular complexity index is 427. The SMILES string of the molecule is CC(C)(C)OCCOC(=O)c1ccc(N)cc1Cl. The molecule has 0 bridgehead atoms. The normalized spacial score (nSPS) is 11.3. The van der Waals surface area contributed by atoms with Gasteiger partial charge in [-0.1, -0.05) is 11.6 Å². The Hall–Kier alpha value is -1.26. The third kappa shape index (κ3) is 4.94. The number of hydrogen-bond donors (Lipinski definition) is 1. The van der Waals surface area contributed by atoms with Crippen LogP contribution in [0.5, 0.6) is 0 Å². The monoisotopic (exact) mass is 271 g/mol. The highest BCUT2D eigenvalue weighted by Gasteiger charge is 2.13. The molecular weight excluding hydrogens is 254 g/mol. The molecule has 18 heavy (non-hydrogen) atoms. The predicted molar refractivity (Wildman–Crippen MR) is 71.9 cm³/mol. The maximum Gasteiger partial charge on any atom is 0.339 e. The van der Waals surface area contributed by atoms with Gasteiger partial charge in [-0.2, -0.15) is 0 Å². The van der Waals surface area contributed by atoms with Crippen molar-refractivity contribution in [2.45, 2.75) is 26.4 Å². The van der Waals surface area contributed by atoms with E-state index in [0.717, 1.165) is 0 Å². The maximum absolute atomic E-state index is 11.7. The lowest BCUT2D eigenvalue weighted by atomic mass is 10.2.